The average Bonchev–Trinajstić information content (AvgIpc) is 3.21. The van der Waals surface area contributed by atoms with Crippen LogP contribution >= 0.6 is 0 Å². The summed E-state index contributed by atoms with van der Waals surface area (Å²) in [6.45, 7) is 2.05. The summed E-state index contributed by atoms with van der Waals surface area (Å²) in [5.74, 6) is 0. The lowest BCUT2D eigenvalue weighted by Crippen LogP contribution is -2.21. The van der Waals surface area contributed by atoms with E-state index in [9.17, 15) is 0 Å². The van der Waals surface area contributed by atoms with E-state index in [0.29, 0.717) is 13.2 Å². The highest BCUT2D eigenvalue weighted by atomic mass is 16.5. The van der Waals surface area contributed by atoms with Gasteiger partial charge in [0.2, 0.25) is 0 Å². The van der Waals surface area contributed by atoms with E-state index in [0.717, 1.165) is 6.54 Å². The summed E-state index contributed by atoms with van der Waals surface area (Å²) in [6.07, 6.45) is 2.12. The molecule has 24 heavy (non-hydrogen) atoms. The van der Waals surface area contributed by atoms with Crippen LogP contribution in [0, 0.1) is 0 Å². The molecule has 1 aliphatic heterocycles. The van der Waals surface area contributed by atoms with Gasteiger partial charge < -0.3 is 14.0 Å². The zero-order valence-corrected chi connectivity index (χ0v) is 13.5. The zero-order chi connectivity index (χ0) is 16.2. The van der Waals surface area contributed by atoms with Gasteiger partial charge in [-0.25, -0.2) is 0 Å². The summed E-state index contributed by atoms with van der Waals surface area (Å²) in [6, 6.07) is 24.8. The number of benzene rings is 2. The van der Waals surface area contributed by atoms with Crippen molar-refractivity contribution in [1.82, 2.24) is 4.57 Å². The van der Waals surface area contributed by atoms with Crippen molar-refractivity contribution in [3.8, 4) is 0 Å². The molecule has 0 spiro atoms. The summed E-state index contributed by atoms with van der Waals surface area (Å²) in [5, 5.41) is 0. The van der Waals surface area contributed by atoms with E-state index in [4.69, 9.17) is 9.47 Å². The van der Waals surface area contributed by atoms with Gasteiger partial charge >= 0.3 is 0 Å². The van der Waals surface area contributed by atoms with Crippen LogP contribution in [0.1, 0.15) is 22.9 Å². The van der Waals surface area contributed by atoms with Crippen molar-refractivity contribution in [2.45, 2.75) is 32.0 Å². The average molecular weight is 319 g/mol. The molecule has 3 nitrogen and oxygen atoms in total. The molecule has 0 saturated heterocycles. The van der Waals surface area contributed by atoms with Crippen LogP contribution in [-0.2, 0) is 29.2 Å². The molecule has 0 fully saturated rings. The van der Waals surface area contributed by atoms with E-state index < -0.39 is 0 Å². The van der Waals surface area contributed by atoms with Crippen molar-refractivity contribution in [3.05, 3.63) is 95.8 Å². The molecule has 2 heterocycles. The first-order valence-corrected chi connectivity index (χ1v) is 8.36. The lowest BCUT2D eigenvalue weighted by atomic mass is 10.1. The molecule has 1 aliphatic rings. The minimum Gasteiger partial charge on any atom is -0.369 e. The first-order valence-electron chi connectivity index (χ1n) is 8.36. The Balaban J connectivity index is 1.44. The second kappa shape index (κ2) is 7.04. The molecule has 0 N–H and O–H groups in total. The summed E-state index contributed by atoms with van der Waals surface area (Å²) >= 11 is 0. The van der Waals surface area contributed by atoms with E-state index in [1.165, 1.54) is 16.8 Å². The molecule has 0 bridgehead atoms. The van der Waals surface area contributed by atoms with Crippen LogP contribution in [0.15, 0.2) is 79.0 Å². The largest absolute Gasteiger partial charge is 0.369 e. The fourth-order valence-electron chi connectivity index (χ4n) is 3.20. The number of hydrogen-bond donors (Lipinski definition) is 0. The van der Waals surface area contributed by atoms with Gasteiger partial charge in [0.05, 0.1) is 19.8 Å². The summed E-state index contributed by atoms with van der Waals surface area (Å²) in [5.41, 5.74) is 3.57. The third-order valence-corrected chi connectivity index (χ3v) is 4.45. The zero-order valence-electron chi connectivity index (χ0n) is 13.5. The molecule has 0 amide bonds. The van der Waals surface area contributed by atoms with Gasteiger partial charge in [0.15, 0.2) is 0 Å². The molecule has 0 unspecified atom stereocenters. The Morgan fingerprint density at radius 2 is 1.38 bits per heavy atom. The van der Waals surface area contributed by atoms with Gasteiger partial charge in [0.25, 0.3) is 0 Å². The minimum absolute atomic E-state index is 0.0241. The standard InChI is InChI=1S/C21H21NO2/c1-3-8-17(9-4-1)15-23-20-14-22-13-7-12-19(22)21(20)24-16-18-10-5-2-6-11-18/h1-13,20-21H,14-16H2/t20-,21-/m0/s1. The van der Waals surface area contributed by atoms with Gasteiger partial charge in [-0.2, -0.15) is 0 Å². The van der Waals surface area contributed by atoms with Crippen LogP contribution < -0.4 is 0 Å². The van der Waals surface area contributed by atoms with Crippen molar-refractivity contribution >= 4 is 0 Å². The fraction of sp³-hybridized carbons (Fsp3) is 0.238. The van der Waals surface area contributed by atoms with Crippen molar-refractivity contribution < 1.29 is 9.47 Å². The third kappa shape index (κ3) is 3.28. The summed E-state index contributed by atoms with van der Waals surface area (Å²) in [4.78, 5) is 0. The predicted octanol–water partition coefficient (Wildman–Crippen LogP) is 4.35. The summed E-state index contributed by atoms with van der Waals surface area (Å²) in [7, 11) is 0. The van der Waals surface area contributed by atoms with E-state index in [1.807, 2.05) is 36.4 Å². The van der Waals surface area contributed by atoms with E-state index in [2.05, 4.69) is 47.2 Å². The van der Waals surface area contributed by atoms with Crippen LogP contribution in [0.4, 0.5) is 0 Å². The Morgan fingerprint density at radius 1 is 0.750 bits per heavy atom. The lowest BCUT2D eigenvalue weighted by molar-refractivity contribution is -0.0793. The Labute approximate surface area is 142 Å². The lowest BCUT2D eigenvalue weighted by Gasteiger charge is -2.20. The highest BCUT2D eigenvalue weighted by Crippen LogP contribution is 2.33. The van der Waals surface area contributed by atoms with Crippen LogP contribution in [0.2, 0.25) is 0 Å². The molecular formula is C21H21NO2. The molecule has 3 aromatic rings. The smallest absolute Gasteiger partial charge is 0.126 e. The van der Waals surface area contributed by atoms with Gasteiger partial charge in [0, 0.05) is 11.9 Å². The number of fused-ring (bicyclic) bond motifs is 1. The fourth-order valence-corrected chi connectivity index (χ4v) is 3.20. The maximum absolute atomic E-state index is 6.23. The topological polar surface area (TPSA) is 23.4 Å². The quantitative estimate of drug-likeness (QED) is 0.674. The number of aromatic nitrogens is 1. The number of nitrogens with zero attached hydrogens (tertiary/aromatic N) is 1. The van der Waals surface area contributed by atoms with Gasteiger partial charge in [-0.15, -0.1) is 0 Å². The first-order chi connectivity index (χ1) is 11.9. The maximum Gasteiger partial charge on any atom is 0.126 e. The van der Waals surface area contributed by atoms with E-state index in [1.54, 1.807) is 0 Å². The molecule has 1 aromatic heterocycles. The predicted molar refractivity (Wildman–Crippen MR) is 93.4 cm³/mol. The van der Waals surface area contributed by atoms with E-state index >= 15 is 0 Å². The normalized spacial score (nSPS) is 19.3. The molecule has 0 saturated carbocycles. The highest BCUT2D eigenvalue weighted by molar-refractivity contribution is 5.19. The third-order valence-electron chi connectivity index (χ3n) is 4.45. The number of ether oxygens (including phenoxy) is 2. The Morgan fingerprint density at radius 3 is 2.04 bits per heavy atom. The monoisotopic (exact) mass is 319 g/mol. The Kier molecular flexibility index (Phi) is 4.45. The Bertz CT molecular complexity index is 767. The first kappa shape index (κ1) is 15.2. The SMILES string of the molecule is c1ccc(CO[C@H]2Cn3cccc3[C@@H]2OCc2ccccc2)cc1. The van der Waals surface area contributed by atoms with Crippen molar-refractivity contribution in [2.24, 2.45) is 0 Å². The van der Waals surface area contributed by atoms with Crippen LogP contribution in [0.25, 0.3) is 0 Å². The van der Waals surface area contributed by atoms with Gasteiger partial charge in [-0.05, 0) is 23.3 Å². The second-order valence-corrected chi connectivity index (χ2v) is 6.14. The van der Waals surface area contributed by atoms with Crippen LogP contribution in [-0.4, -0.2) is 10.7 Å². The number of hydrogen-bond acceptors (Lipinski definition) is 2. The van der Waals surface area contributed by atoms with Crippen molar-refractivity contribution in [3.63, 3.8) is 0 Å². The van der Waals surface area contributed by atoms with Gasteiger partial charge in [-0.1, -0.05) is 60.7 Å². The molecule has 2 atom stereocenters. The molecule has 2 aromatic carbocycles. The number of rotatable bonds is 6. The highest BCUT2D eigenvalue weighted by Gasteiger charge is 2.34. The van der Waals surface area contributed by atoms with Gasteiger partial charge in [0.1, 0.15) is 12.2 Å². The molecule has 3 heteroatoms. The molecule has 0 radical (unpaired) electrons. The second-order valence-electron chi connectivity index (χ2n) is 6.14. The summed E-state index contributed by atoms with van der Waals surface area (Å²) < 4.78 is 14.6. The van der Waals surface area contributed by atoms with Crippen LogP contribution in [0.5, 0.6) is 0 Å². The molecule has 4 rings (SSSR count). The van der Waals surface area contributed by atoms with E-state index in [-0.39, 0.29) is 12.2 Å². The van der Waals surface area contributed by atoms with Crippen molar-refractivity contribution in [2.75, 3.05) is 0 Å². The van der Waals surface area contributed by atoms with Gasteiger partial charge in [-0.3, -0.25) is 0 Å². The van der Waals surface area contributed by atoms with Crippen LogP contribution in [0.3, 0.4) is 0 Å². The maximum atomic E-state index is 6.23. The molecule has 0 aliphatic carbocycles. The minimum atomic E-state index is -0.0241. The molecule has 122 valence electrons. The van der Waals surface area contributed by atoms with Crippen molar-refractivity contribution in [1.29, 1.82) is 0 Å². The Hall–Kier alpha value is -2.36. The molecular weight excluding hydrogens is 298 g/mol.